The molecular weight excluding hydrogens is 336 g/mol. The largest absolute Gasteiger partial charge is 0.496 e. The van der Waals surface area contributed by atoms with E-state index in [1.807, 2.05) is 6.92 Å². The molecule has 6 heteroatoms. The molecule has 0 N–H and O–H groups in total. The lowest BCUT2D eigenvalue weighted by Crippen LogP contribution is -2.43. The number of hydrogen-bond acceptors (Lipinski definition) is 6. The standard InChI is InChI=1S/C20H16O6/c1-10-7-12-17(15(8-10)25-3)20(26-19(12)23)9-13(21)16-11(18(20)22)5-4-6-14(16)24-2/h4-8H,9H2,1-3H3. The monoisotopic (exact) mass is 352 g/mol. The van der Waals surface area contributed by atoms with Gasteiger partial charge in [-0.25, -0.2) is 4.79 Å². The van der Waals surface area contributed by atoms with E-state index < -0.39 is 17.4 Å². The number of ether oxygens (including phenoxy) is 3. The molecule has 132 valence electrons. The zero-order chi connectivity index (χ0) is 18.6. The maximum absolute atomic E-state index is 13.4. The average Bonchev–Trinajstić information content (AvgIpc) is 2.91. The average molecular weight is 352 g/mol. The number of fused-ring (bicyclic) bond motifs is 3. The third-order valence-corrected chi connectivity index (χ3v) is 4.90. The van der Waals surface area contributed by atoms with Crippen LogP contribution in [0.4, 0.5) is 0 Å². The minimum absolute atomic E-state index is 0.184. The minimum atomic E-state index is -1.69. The summed E-state index contributed by atoms with van der Waals surface area (Å²) in [5.41, 5.74) is 0.0927. The Labute approximate surface area is 149 Å². The molecule has 4 rings (SSSR count). The Bertz CT molecular complexity index is 990. The van der Waals surface area contributed by atoms with E-state index in [2.05, 4.69) is 0 Å². The number of Topliss-reactive ketones (excluding diaryl/α,β-unsaturated/α-hetero) is 2. The second-order valence-corrected chi connectivity index (χ2v) is 6.42. The molecule has 0 saturated heterocycles. The number of rotatable bonds is 2. The molecule has 2 aromatic carbocycles. The first-order valence-electron chi connectivity index (χ1n) is 8.10. The molecular formula is C20H16O6. The predicted octanol–water partition coefficient (Wildman–Crippen LogP) is 2.85. The number of benzene rings is 2. The molecule has 0 radical (unpaired) electrons. The second-order valence-electron chi connectivity index (χ2n) is 6.42. The highest BCUT2D eigenvalue weighted by Crippen LogP contribution is 2.50. The highest BCUT2D eigenvalue weighted by atomic mass is 16.6. The molecule has 0 saturated carbocycles. The van der Waals surface area contributed by atoms with Gasteiger partial charge >= 0.3 is 5.97 Å². The van der Waals surface area contributed by atoms with Gasteiger partial charge in [-0.1, -0.05) is 12.1 Å². The summed E-state index contributed by atoms with van der Waals surface area (Å²) in [7, 11) is 2.89. The fourth-order valence-corrected chi connectivity index (χ4v) is 3.83. The molecule has 1 aliphatic carbocycles. The van der Waals surface area contributed by atoms with Crippen molar-refractivity contribution in [3.63, 3.8) is 0 Å². The van der Waals surface area contributed by atoms with Crippen LogP contribution in [0.15, 0.2) is 30.3 Å². The van der Waals surface area contributed by atoms with E-state index in [9.17, 15) is 14.4 Å². The highest BCUT2D eigenvalue weighted by molar-refractivity contribution is 6.22. The van der Waals surface area contributed by atoms with Crippen molar-refractivity contribution in [2.45, 2.75) is 18.9 Å². The van der Waals surface area contributed by atoms with Crippen LogP contribution in [0.2, 0.25) is 0 Å². The molecule has 0 aromatic heterocycles. The minimum Gasteiger partial charge on any atom is -0.496 e. The summed E-state index contributed by atoms with van der Waals surface area (Å²) in [6, 6.07) is 8.17. The lowest BCUT2D eigenvalue weighted by Gasteiger charge is -2.32. The van der Waals surface area contributed by atoms with Crippen molar-refractivity contribution in [1.82, 2.24) is 0 Å². The maximum Gasteiger partial charge on any atom is 0.340 e. The second kappa shape index (κ2) is 5.42. The normalized spacial score (nSPS) is 20.7. The number of methoxy groups -OCH3 is 2. The van der Waals surface area contributed by atoms with Crippen molar-refractivity contribution in [3.05, 3.63) is 58.1 Å². The van der Waals surface area contributed by atoms with E-state index in [-0.39, 0.29) is 28.9 Å². The zero-order valence-corrected chi connectivity index (χ0v) is 14.5. The molecule has 6 nitrogen and oxygen atoms in total. The van der Waals surface area contributed by atoms with Crippen molar-refractivity contribution in [3.8, 4) is 11.5 Å². The molecule has 2 aromatic rings. The van der Waals surface area contributed by atoms with Crippen LogP contribution < -0.4 is 9.47 Å². The van der Waals surface area contributed by atoms with Gasteiger partial charge < -0.3 is 14.2 Å². The quantitative estimate of drug-likeness (QED) is 0.774. The predicted molar refractivity (Wildman–Crippen MR) is 91.1 cm³/mol. The van der Waals surface area contributed by atoms with E-state index >= 15 is 0 Å². The Balaban J connectivity index is 2.00. The fourth-order valence-electron chi connectivity index (χ4n) is 3.83. The molecule has 0 bridgehead atoms. The number of esters is 1. The van der Waals surface area contributed by atoms with Crippen molar-refractivity contribution in [2.24, 2.45) is 0 Å². The van der Waals surface area contributed by atoms with E-state index in [1.165, 1.54) is 14.2 Å². The number of carbonyl (C=O) groups is 3. The third kappa shape index (κ3) is 1.95. The first-order valence-corrected chi connectivity index (χ1v) is 8.10. The lowest BCUT2D eigenvalue weighted by molar-refractivity contribution is -0.00484. The van der Waals surface area contributed by atoms with Crippen LogP contribution in [0.25, 0.3) is 0 Å². The molecule has 0 fully saturated rings. The Morgan fingerprint density at radius 1 is 1.00 bits per heavy atom. The number of hydrogen-bond donors (Lipinski definition) is 0. The van der Waals surface area contributed by atoms with E-state index in [4.69, 9.17) is 14.2 Å². The molecule has 1 atom stereocenters. The Morgan fingerprint density at radius 3 is 2.42 bits per heavy atom. The van der Waals surface area contributed by atoms with Gasteiger partial charge in [-0.2, -0.15) is 0 Å². The molecule has 2 aliphatic rings. The maximum atomic E-state index is 13.4. The van der Waals surface area contributed by atoms with Crippen LogP contribution in [-0.2, 0) is 10.3 Å². The summed E-state index contributed by atoms with van der Waals surface area (Å²) in [5.74, 6) is -0.704. The van der Waals surface area contributed by atoms with Gasteiger partial charge in [0.25, 0.3) is 0 Å². The summed E-state index contributed by atoms with van der Waals surface area (Å²) in [5, 5.41) is 0. The fraction of sp³-hybridized carbons (Fsp3) is 0.250. The van der Waals surface area contributed by atoms with Crippen LogP contribution >= 0.6 is 0 Å². The van der Waals surface area contributed by atoms with E-state index in [0.717, 1.165) is 5.56 Å². The lowest BCUT2D eigenvalue weighted by atomic mass is 9.74. The van der Waals surface area contributed by atoms with Gasteiger partial charge in [-0.05, 0) is 30.7 Å². The van der Waals surface area contributed by atoms with Crippen molar-refractivity contribution >= 4 is 17.5 Å². The van der Waals surface area contributed by atoms with Crippen molar-refractivity contribution in [2.75, 3.05) is 14.2 Å². The van der Waals surface area contributed by atoms with Gasteiger partial charge in [-0.15, -0.1) is 0 Å². The molecule has 1 heterocycles. The van der Waals surface area contributed by atoms with Crippen LogP contribution in [0.3, 0.4) is 0 Å². The summed E-state index contributed by atoms with van der Waals surface area (Å²) < 4.78 is 16.2. The Hall–Kier alpha value is -3.15. The summed E-state index contributed by atoms with van der Waals surface area (Å²) in [6.45, 7) is 1.81. The van der Waals surface area contributed by atoms with Gasteiger partial charge in [0.1, 0.15) is 11.5 Å². The summed E-state index contributed by atoms with van der Waals surface area (Å²) >= 11 is 0. The topological polar surface area (TPSA) is 78.9 Å². The Kier molecular flexibility index (Phi) is 3.41. The van der Waals surface area contributed by atoms with Crippen LogP contribution in [-0.4, -0.2) is 31.8 Å². The van der Waals surface area contributed by atoms with E-state index in [0.29, 0.717) is 17.1 Å². The van der Waals surface area contributed by atoms with Crippen LogP contribution in [0, 0.1) is 6.92 Å². The summed E-state index contributed by atoms with van der Waals surface area (Å²) in [4.78, 5) is 38.7. The van der Waals surface area contributed by atoms with Gasteiger partial charge in [0, 0.05) is 5.56 Å². The van der Waals surface area contributed by atoms with Gasteiger partial charge in [0.2, 0.25) is 11.4 Å². The number of carbonyl (C=O) groups excluding carboxylic acids is 3. The highest BCUT2D eigenvalue weighted by Gasteiger charge is 2.58. The molecule has 1 aliphatic heterocycles. The van der Waals surface area contributed by atoms with Crippen LogP contribution in [0.5, 0.6) is 11.5 Å². The number of ketones is 2. The zero-order valence-electron chi connectivity index (χ0n) is 14.5. The Morgan fingerprint density at radius 2 is 1.73 bits per heavy atom. The van der Waals surface area contributed by atoms with Crippen molar-refractivity contribution in [1.29, 1.82) is 0 Å². The van der Waals surface area contributed by atoms with Gasteiger partial charge in [-0.3, -0.25) is 9.59 Å². The SMILES string of the molecule is COc1cccc2c1C(=O)CC1(OC(=O)c3cc(C)cc(OC)c31)C2=O. The molecule has 26 heavy (non-hydrogen) atoms. The van der Waals surface area contributed by atoms with Gasteiger partial charge in [0.15, 0.2) is 5.78 Å². The first kappa shape index (κ1) is 16.3. The van der Waals surface area contributed by atoms with Crippen LogP contribution in [0.1, 0.15) is 48.6 Å². The smallest absolute Gasteiger partial charge is 0.340 e. The molecule has 1 unspecified atom stereocenters. The van der Waals surface area contributed by atoms with E-state index in [1.54, 1.807) is 30.3 Å². The first-order chi connectivity index (χ1) is 12.4. The summed E-state index contributed by atoms with van der Waals surface area (Å²) in [6.07, 6.45) is -0.280. The molecule has 1 spiro atoms. The number of aryl methyl sites for hydroxylation is 1. The van der Waals surface area contributed by atoms with Gasteiger partial charge in [0.05, 0.1) is 37.3 Å². The van der Waals surface area contributed by atoms with Crippen molar-refractivity contribution < 1.29 is 28.6 Å². The third-order valence-electron chi connectivity index (χ3n) is 4.90. The molecule has 0 amide bonds.